The lowest BCUT2D eigenvalue weighted by Crippen LogP contribution is -2.26. The summed E-state index contributed by atoms with van der Waals surface area (Å²) in [6, 6.07) is 5.06. The smallest absolute Gasteiger partial charge is 0.287 e. The topological polar surface area (TPSA) is 63.5 Å². The molecule has 0 atom stereocenters. The zero-order valence-corrected chi connectivity index (χ0v) is 13.4. The first-order valence-electron chi connectivity index (χ1n) is 6.35. The molecule has 0 radical (unpaired) electrons. The molecule has 0 saturated heterocycles. The fraction of sp³-hybridized carbons (Fsp3) is 0.357. The van der Waals surface area contributed by atoms with E-state index in [0.717, 1.165) is 18.4 Å². The Kier molecular flexibility index (Phi) is 6.81. The van der Waals surface area contributed by atoms with Gasteiger partial charge in [-0.1, -0.05) is 11.6 Å². The van der Waals surface area contributed by atoms with E-state index in [2.05, 4.69) is 10.6 Å². The van der Waals surface area contributed by atoms with E-state index in [9.17, 15) is 4.79 Å². The van der Waals surface area contributed by atoms with Crippen LogP contribution in [0.15, 0.2) is 22.6 Å². The van der Waals surface area contributed by atoms with Gasteiger partial charge in [0.2, 0.25) is 0 Å². The van der Waals surface area contributed by atoms with Crippen molar-refractivity contribution >= 4 is 40.9 Å². The number of hydrogen-bond donors (Lipinski definition) is 2. The number of halogens is 2. The van der Waals surface area contributed by atoms with Crippen molar-refractivity contribution in [3.63, 3.8) is 0 Å². The number of hydrogen-bond acceptors (Lipinski definition) is 4. The molecule has 2 aromatic rings. The summed E-state index contributed by atoms with van der Waals surface area (Å²) in [5, 5.41) is 7.10. The molecule has 5 nitrogen and oxygen atoms in total. The fourth-order valence-corrected chi connectivity index (χ4v) is 2.12. The van der Waals surface area contributed by atoms with Gasteiger partial charge >= 0.3 is 0 Å². The molecule has 7 heteroatoms. The molecular formula is C14H18Cl2N2O3. The standard InChI is InChI=1S/C14H17ClN2O3.ClH/c1-16-4-3-5-17-14(18)12-7-9-6-10(15)8-11(19-2)13(9)20-12;/h6-8,16H,3-5H2,1-2H3,(H,17,18);1H. The van der Waals surface area contributed by atoms with Crippen LogP contribution in [-0.4, -0.2) is 33.2 Å². The highest BCUT2D eigenvalue weighted by Crippen LogP contribution is 2.32. The van der Waals surface area contributed by atoms with Crippen LogP contribution in [-0.2, 0) is 0 Å². The summed E-state index contributed by atoms with van der Waals surface area (Å²) in [7, 11) is 3.40. The molecule has 0 aliphatic carbocycles. The van der Waals surface area contributed by atoms with Gasteiger partial charge in [0, 0.05) is 23.0 Å². The minimum absolute atomic E-state index is 0. The second-order valence-corrected chi connectivity index (χ2v) is 4.79. The molecule has 0 aliphatic heterocycles. The van der Waals surface area contributed by atoms with E-state index in [0.29, 0.717) is 22.9 Å². The Hall–Kier alpha value is -1.43. The SMILES string of the molecule is CNCCCNC(=O)c1cc2cc(Cl)cc(OC)c2o1.Cl. The predicted octanol–water partition coefficient (Wildman–Crippen LogP) is 2.86. The number of furan rings is 1. The average molecular weight is 333 g/mol. The number of benzene rings is 1. The first-order chi connectivity index (χ1) is 9.65. The van der Waals surface area contributed by atoms with Crippen molar-refractivity contribution in [1.29, 1.82) is 0 Å². The lowest BCUT2D eigenvalue weighted by Gasteiger charge is -2.02. The molecule has 21 heavy (non-hydrogen) atoms. The summed E-state index contributed by atoms with van der Waals surface area (Å²) < 4.78 is 10.7. The molecule has 2 N–H and O–H groups in total. The Bertz CT molecular complexity index is 614. The van der Waals surface area contributed by atoms with Crippen molar-refractivity contribution in [2.75, 3.05) is 27.2 Å². The number of fused-ring (bicyclic) bond motifs is 1. The summed E-state index contributed by atoms with van der Waals surface area (Å²) in [5.41, 5.74) is 0.525. The van der Waals surface area contributed by atoms with Gasteiger partial charge in [0.05, 0.1) is 7.11 Å². The molecule has 1 amide bonds. The third-order valence-corrected chi connectivity index (χ3v) is 3.10. The first-order valence-corrected chi connectivity index (χ1v) is 6.73. The van der Waals surface area contributed by atoms with Crippen molar-refractivity contribution in [1.82, 2.24) is 10.6 Å². The number of nitrogens with one attached hydrogen (secondary N) is 2. The lowest BCUT2D eigenvalue weighted by molar-refractivity contribution is 0.0927. The van der Waals surface area contributed by atoms with E-state index in [1.807, 2.05) is 7.05 Å². The van der Waals surface area contributed by atoms with Gasteiger partial charge in [-0.15, -0.1) is 12.4 Å². The maximum Gasteiger partial charge on any atom is 0.287 e. The molecule has 0 aliphatic rings. The Morgan fingerprint density at radius 2 is 2.10 bits per heavy atom. The number of carbonyl (C=O) groups excluding carboxylic acids is 1. The molecule has 116 valence electrons. The molecule has 0 unspecified atom stereocenters. The van der Waals surface area contributed by atoms with E-state index in [-0.39, 0.29) is 24.1 Å². The molecule has 0 bridgehead atoms. The number of carbonyl (C=O) groups is 1. The molecule has 0 spiro atoms. The van der Waals surface area contributed by atoms with Gasteiger partial charge in [-0.05, 0) is 32.1 Å². The van der Waals surface area contributed by atoms with Crippen LogP contribution in [0.5, 0.6) is 5.75 Å². The minimum Gasteiger partial charge on any atom is -0.493 e. The van der Waals surface area contributed by atoms with Crippen LogP contribution in [0.1, 0.15) is 17.0 Å². The number of rotatable bonds is 6. The molecule has 1 heterocycles. The Morgan fingerprint density at radius 3 is 2.76 bits per heavy atom. The Labute approximate surface area is 134 Å². The van der Waals surface area contributed by atoms with Gasteiger partial charge in [-0.3, -0.25) is 4.79 Å². The average Bonchev–Trinajstić information content (AvgIpc) is 2.86. The zero-order chi connectivity index (χ0) is 14.5. The number of ether oxygens (including phenoxy) is 1. The summed E-state index contributed by atoms with van der Waals surface area (Å²) in [5.74, 6) is 0.530. The van der Waals surface area contributed by atoms with E-state index >= 15 is 0 Å². The minimum atomic E-state index is -0.240. The zero-order valence-electron chi connectivity index (χ0n) is 11.9. The lowest BCUT2D eigenvalue weighted by atomic mass is 10.2. The quantitative estimate of drug-likeness (QED) is 0.798. The molecule has 1 aromatic heterocycles. The van der Waals surface area contributed by atoms with Crippen molar-refractivity contribution in [2.45, 2.75) is 6.42 Å². The second-order valence-electron chi connectivity index (χ2n) is 4.35. The van der Waals surface area contributed by atoms with Crippen molar-refractivity contribution in [3.05, 3.63) is 29.0 Å². The third-order valence-electron chi connectivity index (χ3n) is 2.88. The van der Waals surface area contributed by atoms with Crippen LogP contribution in [0.4, 0.5) is 0 Å². The van der Waals surface area contributed by atoms with Crippen LogP contribution in [0.3, 0.4) is 0 Å². The fourth-order valence-electron chi connectivity index (χ4n) is 1.90. The maximum atomic E-state index is 12.0. The third kappa shape index (κ3) is 4.27. The van der Waals surface area contributed by atoms with Crippen LogP contribution in [0.25, 0.3) is 11.0 Å². The van der Waals surface area contributed by atoms with Gasteiger partial charge in [-0.2, -0.15) is 0 Å². The predicted molar refractivity (Wildman–Crippen MR) is 85.9 cm³/mol. The van der Waals surface area contributed by atoms with Crippen molar-refractivity contribution < 1.29 is 13.9 Å². The highest BCUT2D eigenvalue weighted by atomic mass is 35.5. The molecule has 2 rings (SSSR count). The van der Waals surface area contributed by atoms with Crippen LogP contribution in [0, 0.1) is 0 Å². The highest BCUT2D eigenvalue weighted by Gasteiger charge is 2.15. The van der Waals surface area contributed by atoms with Crippen molar-refractivity contribution in [3.8, 4) is 5.75 Å². The normalized spacial score (nSPS) is 10.2. The van der Waals surface area contributed by atoms with Gasteiger partial charge < -0.3 is 19.8 Å². The van der Waals surface area contributed by atoms with Gasteiger partial charge in [-0.25, -0.2) is 0 Å². The molecular weight excluding hydrogens is 315 g/mol. The van der Waals surface area contributed by atoms with E-state index < -0.39 is 0 Å². The largest absolute Gasteiger partial charge is 0.493 e. The molecule has 0 saturated carbocycles. The summed E-state index contributed by atoms with van der Waals surface area (Å²) >= 11 is 5.98. The van der Waals surface area contributed by atoms with Crippen LogP contribution in [0.2, 0.25) is 5.02 Å². The van der Waals surface area contributed by atoms with Crippen molar-refractivity contribution in [2.24, 2.45) is 0 Å². The number of amides is 1. The van der Waals surface area contributed by atoms with Gasteiger partial charge in [0.15, 0.2) is 17.1 Å². The summed E-state index contributed by atoms with van der Waals surface area (Å²) in [6.07, 6.45) is 0.859. The van der Waals surface area contributed by atoms with E-state index in [1.165, 1.54) is 7.11 Å². The Balaban J connectivity index is 0.00000220. The highest BCUT2D eigenvalue weighted by molar-refractivity contribution is 6.31. The monoisotopic (exact) mass is 332 g/mol. The van der Waals surface area contributed by atoms with E-state index in [4.69, 9.17) is 20.8 Å². The maximum absolute atomic E-state index is 12.0. The first kappa shape index (κ1) is 17.6. The number of methoxy groups -OCH3 is 1. The van der Waals surface area contributed by atoms with Crippen LogP contribution < -0.4 is 15.4 Å². The van der Waals surface area contributed by atoms with Gasteiger partial charge in [0.25, 0.3) is 5.91 Å². The Morgan fingerprint density at radius 1 is 1.33 bits per heavy atom. The molecule has 0 fully saturated rings. The van der Waals surface area contributed by atoms with Crippen LogP contribution >= 0.6 is 24.0 Å². The van der Waals surface area contributed by atoms with Gasteiger partial charge in [0.1, 0.15) is 0 Å². The second kappa shape index (κ2) is 8.12. The molecule has 1 aromatic carbocycles. The summed E-state index contributed by atoms with van der Waals surface area (Å²) in [4.78, 5) is 12.0. The van der Waals surface area contributed by atoms with E-state index in [1.54, 1.807) is 18.2 Å². The summed E-state index contributed by atoms with van der Waals surface area (Å²) in [6.45, 7) is 1.44.